The molecule has 2 amide bonds. The molecule has 0 saturated carbocycles. The number of ketones is 1. The number of carbonyl (C=O) groups excluding carboxylic acids is 3. The van der Waals surface area contributed by atoms with Crippen LogP contribution in [0.4, 0.5) is 15.3 Å². The van der Waals surface area contributed by atoms with Crippen molar-refractivity contribution < 1.29 is 23.9 Å². The number of hydrogen-bond donors (Lipinski definition) is 0. The van der Waals surface area contributed by atoms with Gasteiger partial charge in [0.2, 0.25) is 0 Å². The Hall–Kier alpha value is -2.95. The molecule has 0 spiro atoms. The van der Waals surface area contributed by atoms with E-state index in [0.29, 0.717) is 6.42 Å². The predicted octanol–water partition coefficient (Wildman–Crippen LogP) is 4.73. The molecule has 158 valence electrons. The molecule has 1 unspecified atom stereocenters. The third kappa shape index (κ3) is 7.53. The first-order chi connectivity index (χ1) is 13.3. The molecule has 0 aliphatic heterocycles. The first-order valence-electron chi connectivity index (χ1n) is 9.43. The summed E-state index contributed by atoms with van der Waals surface area (Å²) in [5.41, 5.74) is -1.44. The molecule has 1 atom stereocenters. The number of hydrogen-bond acceptors (Lipinski definition) is 7. The van der Waals surface area contributed by atoms with Crippen molar-refractivity contribution in [2.24, 2.45) is 0 Å². The average Bonchev–Trinajstić information content (AvgIpc) is 2.53. The lowest BCUT2D eigenvalue weighted by Crippen LogP contribution is -2.43. The fraction of sp³-hybridized carbons (Fsp3) is 0.571. The van der Waals surface area contributed by atoms with Crippen molar-refractivity contribution in [2.75, 3.05) is 4.90 Å². The molecule has 1 aromatic rings. The van der Waals surface area contributed by atoms with E-state index in [4.69, 9.17) is 9.47 Å². The van der Waals surface area contributed by atoms with E-state index >= 15 is 0 Å². The van der Waals surface area contributed by atoms with Gasteiger partial charge in [-0.15, -0.1) is 0 Å². The maximum Gasteiger partial charge on any atom is 0.424 e. The zero-order valence-corrected chi connectivity index (χ0v) is 18.1. The summed E-state index contributed by atoms with van der Waals surface area (Å²) in [5, 5.41) is 9.42. The highest BCUT2D eigenvalue weighted by Gasteiger charge is 2.33. The molecular weight excluding hydrogens is 374 g/mol. The van der Waals surface area contributed by atoms with Gasteiger partial charge < -0.3 is 9.47 Å². The third-order valence-electron chi connectivity index (χ3n) is 3.42. The van der Waals surface area contributed by atoms with Crippen molar-refractivity contribution in [3.05, 3.63) is 24.0 Å². The number of anilines is 1. The molecule has 0 fully saturated rings. The van der Waals surface area contributed by atoms with Crippen LogP contribution in [0.3, 0.4) is 0 Å². The fourth-order valence-electron chi connectivity index (χ4n) is 2.33. The molecular formula is C21H29N3O5. The summed E-state index contributed by atoms with van der Waals surface area (Å²) < 4.78 is 10.7. The first-order valence-corrected chi connectivity index (χ1v) is 9.43. The van der Waals surface area contributed by atoms with Crippen LogP contribution in [0.1, 0.15) is 72.9 Å². The van der Waals surface area contributed by atoms with Gasteiger partial charge in [0.1, 0.15) is 17.1 Å². The summed E-state index contributed by atoms with van der Waals surface area (Å²) in [6.45, 7) is 11.9. The molecule has 0 aromatic carbocycles. The number of nitriles is 1. The van der Waals surface area contributed by atoms with Gasteiger partial charge in [-0.1, -0.05) is 6.92 Å². The van der Waals surface area contributed by atoms with Gasteiger partial charge in [-0.25, -0.2) is 9.59 Å². The Kier molecular flexibility index (Phi) is 7.89. The van der Waals surface area contributed by atoms with E-state index in [1.165, 1.54) is 18.3 Å². The second-order valence-corrected chi connectivity index (χ2v) is 8.51. The SMILES string of the molecule is CCCC(=O)C(C#N)c1cc(N(C(=O)OC(C)(C)C)C(=O)OC(C)(C)C)ccn1. The van der Waals surface area contributed by atoms with Gasteiger partial charge in [-0.2, -0.15) is 10.2 Å². The van der Waals surface area contributed by atoms with E-state index < -0.39 is 29.3 Å². The average molecular weight is 403 g/mol. The Morgan fingerprint density at radius 3 is 2.03 bits per heavy atom. The number of pyridine rings is 1. The summed E-state index contributed by atoms with van der Waals surface area (Å²) in [4.78, 5) is 42.5. The van der Waals surface area contributed by atoms with E-state index in [9.17, 15) is 19.6 Å². The lowest BCUT2D eigenvalue weighted by Gasteiger charge is -2.28. The Balaban J connectivity index is 3.38. The van der Waals surface area contributed by atoms with Crippen LogP contribution in [0.25, 0.3) is 0 Å². The molecule has 8 heteroatoms. The van der Waals surface area contributed by atoms with Gasteiger partial charge in [0.05, 0.1) is 17.5 Å². The van der Waals surface area contributed by atoms with Crippen LogP contribution in [-0.2, 0) is 14.3 Å². The maximum atomic E-state index is 12.7. The van der Waals surface area contributed by atoms with Crippen LogP contribution >= 0.6 is 0 Å². The second-order valence-electron chi connectivity index (χ2n) is 8.51. The molecule has 0 saturated heterocycles. The normalized spacial score (nSPS) is 12.5. The molecule has 8 nitrogen and oxygen atoms in total. The van der Waals surface area contributed by atoms with E-state index in [1.807, 2.05) is 13.0 Å². The van der Waals surface area contributed by atoms with Gasteiger partial charge in [0.25, 0.3) is 0 Å². The standard InChI is InChI=1S/C21H29N3O5/c1-8-9-17(25)15(13-22)16-12-14(10-11-23-16)24(18(26)28-20(2,3)4)19(27)29-21(5,6)7/h10-12,15H,8-9H2,1-7H3. The van der Waals surface area contributed by atoms with Gasteiger partial charge in [0, 0.05) is 12.6 Å². The highest BCUT2D eigenvalue weighted by Crippen LogP contribution is 2.25. The number of Topliss-reactive ketones (excluding diaryl/α,β-unsaturated/α-hetero) is 1. The summed E-state index contributed by atoms with van der Waals surface area (Å²) >= 11 is 0. The van der Waals surface area contributed by atoms with E-state index in [2.05, 4.69) is 4.98 Å². The van der Waals surface area contributed by atoms with Crippen LogP contribution in [0.15, 0.2) is 18.3 Å². The zero-order valence-electron chi connectivity index (χ0n) is 18.1. The maximum absolute atomic E-state index is 12.7. The van der Waals surface area contributed by atoms with Crippen molar-refractivity contribution >= 4 is 23.7 Å². The van der Waals surface area contributed by atoms with Gasteiger partial charge in [-0.05, 0) is 60.1 Å². The van der Waals surface area contributed by atoms with Crippen LogP contribution in [0, 0.1) is 11.3 Å². The number of ether oxygens (including phenoxy) is 2. The quantitative estimate of drug-likeness (QED) is 0.698. The van der Waals surface area contributed by atoms with Crippen LogP contribution in [-0.4, -0.2) is 34.2 Å². The number of carbonyl (C=O) groups is 3. The monoisotopic (exact) mass is 403 g/mol. The van der Waals surface area contributed by atoms with Crippen LogP contribution < -0.4 is 4.90 Å². The highest BCUT2D eigenvalue weighted by atomic mass is 16.6. The third-order valence-corrected chi connectivity index (χ3v) is 3.42. The van der Waals surface area contributed by atoms with Crippen molar-refractivity contribution in [3.8, 4) is 6.07 Å². The largest absolute Gasteiger partial charge is 0.443 e. The van der Waals surface area contributed by atoms with Crippen molar-refractivity contribution in [2.45, 2.75) is 78.4 Å². The summed E-state index contributed by atoms with van der Waals surface area (Å²) in [6.07, 6.45) is 0.287. The summed E-state index contributed by atoms with van der Waals surface area (Å²) in [5.74, 6) is -1.37. The van der Waals surface area contributed by atoms with E-state index in [1.54, 1.807) is 41.5 Å². The molecule has 1 heterocycles. The molecule has 29 heavy (non-hydrogen) atoms. The number of imide groups is 1. The molecule has 0 N–H and O–H groups in total. The fourth-order valence-corrected chi connectivity index (χ4v) is 2.33. The van der Waals surface area contributed by atoms with E-state index in [0.717, 1.165) is 4.90 Å². The zero-order chi connectivity index (χ0) is 22.4. The van der Waals surface area contributed by atoms with Crippen LogP contribution in [0.5, 0.6) is 0 Å². The molecule has 0 bridgehead atoms. The predicted molar refractivity (Wildman–Crippen MR) is 107 cm³/mol. The Bertz CT molecular complexity index is 772. The van der Waals surface area contributed by atoms with E-state index in [-0.39, 0.29) is 23.6 Å². The molecule has 1 aromatic heterocycles. The minimum Gasteiger partial charge on any atom is -0.443 e. The molecule has 0 radical (unpaired) electrons. The Morgan fingerprint density at radius 1 is 1.10 bits per heavy atom. The summed E-state index contributed by atoms with van der Waals surface area (Å²) in [7, 11) is 0. The minimum absolute atomic E-state index is 0.100. The first kappa shape index (κ1) is 24.1. The highest BCUT2D eigenvalue weighted by molar-refractivity contribution is 6.09. The Morgan fingerprint density at radius 2 is 1.62 bits per heavy atom. The minimum atomic E-state index is -1.09. The number of rotatable bonds is 5. The smallest absolute Gasteiger partial charge is 0.424 e. The van der Waals surface area contributed by atoms with Gasteiger partial charge in [0.15, 0.2) is 5.78 Å². The number of aromatic nitrogens is 1. The molecule has 1 rings (SSSR count). The van der Waals surface area contributed by atoms with Gasteiger partial charge in [-0.3, -0.25) is 9.78 Å². The topological polar surface area (TPSA) is 110 Å². The summed E-state index contributed by atoms with van der Waals surface area (Å²) in [6, 6.07) is 4.71. The lowest BCUT2D eigenvalue weighted by atomic mass is 9.97. The number of nitrogens with zero attached hydrogens (tertiary/aromatic N) is 3. The van der Waals surface area contributed by atoms with Crippen LogP contribution in [0.2, 0.25) is 0 Å². The number of amides is 2. The lowest BCUT2D eigenvalue weighted by molar-refractivity contribution is -0.119. The van der Waals surface area contributed by atoms with Gasteiger partial charge >= 0.3 is 12.2 Å². The Labute approximate surface area is 171 Å². The second kappa shape index (κ2) is 9.50. The van der Waals surface area contributed by atoms with Crippen molar-refractivity contribution in [3.63, 3.8) is 0 Å². The van der Waals surface area contributed by atoms with Crippen molar-refractivity contribution in [1.29, 1.82) is 5.26 Å². The molecule has 0 aliphatic carbocycles. The van der Waals surface area contributed by atoms with Crippen molar-refractivity contribution in [1.82, 2.24) is 4.98 Å². The molecule has 0 aliphatic rings.